The lowest BCUT2D eigenvalue weighted by atomic mass is 9.99. The van der Waals surface area contributed by atoms with Gasteiger partial charge in [-0.3, -0.25) is 4.98 Å². The molecule has 0 radical (unpaired) electrons. The lowest BCUT2D eigenvalue weighted by Gasteiger charge is -2.08. The molecule has 2 aromatic carbocycles. The fourth-order valence-corrected chi connectivity index (χ4v) is 3.27. The largest absolute Gasteiger partial charge is 0.339 e. The van der Waals surface area contributed by atoms with E-state index in [0.717, 1.165) is 38.7 Å². The van der Waals surface area contributed by atoms with Crippen LogP contribution >= 0.6 is 0 Å². The molecule has 0 saturated carbocycles. The van der Waals surface area contributed by atoms with Crippen LogP contribution in [0.1, 0.15) is 0 Å². The van der Waals surface area contributed by atoms with Gasteiger partial charge in [-0.2, -0.15) is 0 Å². The molecule has 3 heterocycles. The highest BCUT2D eigenvalue weighted by Gasteiger charge is 2.16. The number of H-pyrrole nitrogens is 1. The molecule has 0 fully saturated rings. The predicted molar refractivity (Wildman–Crippen MR) is 94.3 cm³/mol. The summed E-state index contributed by atoms with van der Waals surface area (Å²) in [6, 6.07) is 22.7. The van der Waals surface area contributed by atoms with Crippen LogP contribution in [0.2, 0.25) is 0 Å². The van der Waals surface area contributed by atoms with Crippen LogP contribution in [-0.4, -0.2) is 15.0 Å². The van der Waals surface area contributed by atoms with Crippen molar-refractivity contribution in [3.63, 3.8) is 0 Å². The SMILES string of the molecule is c1ccc(-c2c3ncccc3nc3[nH]c4ccccc4c23)cc1. The van der Waals surface area contributed by atoms with Crippen molar-refractivity contribution in [2.75, 3.05) is 0 Å². The number of aromatic amines is 1. The summed E-state index contributed by atoms with van der Waals surface area (Å²) in [4.78, 5) is 12.8. The molecule has 5 rings (SSSR count). The van der Waals surface area contributed by atoms with E-state index in [-0.39, 0.29) is 0 Å². The molecule has 3 aromatic heterocycles. The van der Waals surface area contributed by atoms with E-state index in [0.29, 0.717) is 0 Å². The normalized spacial score (nSPS) is 11.5. The minimum Gasteiger partial charge on any atom is -0.339 e. The first-order valence-corrected chi connectivity index (χ1v) is 7.62. The Labute approximate surface area is 132 Å². The van der Waals surface area contributed by atoms with Crippen LogP contribution in [0.5, 0.6) is 0 Å². The van der Waals surface area contributed by atoms with E-state index in [4.69, 9.17) is 4.98 Å². The molecule has 0 aliphatic carbocycles. The first kappa shape index (κ1) is 12.4. The van der Waals surface area contributed by atoms with Crippen molar-refractivity contribution in [3.05, 3.63) is 72.9 Å². The van der Waals surface area contributed by atoms with Crippen LogP contribution in [0.3, 0.4) is 0 Å². The van der Waals surface area contributed by atoms with Gasteiger partial charge >= 0.3 is 0 Å². The molecular formula is C20H13N3. The number of aromatic nitrogens is 3. The van der Waals surface area contributed by atoms with Crippen molar-refractivity contribution < 1.29 is 0 Å². The maximum absolute atomic E-state index is 4.78. The minimum atomic E-state index is 0.908. The van der Waals surface area contributed by atoms with Crippen molar-refractivity contribution >= 4 is 33.0 Å². The fraction of sp³-hybridized carbons (Fsp3) is 0. The molecule has 0 bridgehead atoms. The first-order chi connectivity index (χ1) is 11.4. The summed E-state index contributed by atoms with van der Waals surface area (Å²) < 4.78 is 0. The topological polar surface area (TPSA) is 41.6 Å². The summed E-state index contributed by atoms with van der Waals surface area (Å²) in [7, 11) is 0. The standard InChI is InChI=1S/C20H13N3/c1-2-7-13(8-3-1)17-18-14-9-4-5-10-15(14)22-20(18)23-16-11-6-12-21-19(16)17/h1-12H,(H,22,23). The second-order valence-electron chi connectivity index (χ2n) is 5.62. The zero-order valence-corrected chi connectivity index (χ0v) is 12.3. The molecule has 3 nitrogen and oxygen atoms in total. The smallest absolute Gasteiger partial charge is 0.139 e. The number of hydrogen-bond acceptors (Lipinski definition) is 2. The molecule has 0 amide bonds. The molecule has 0 aliphatic heterocycles. The fourth-order valence-electron chi connectivity index (χ4n) is 3.27. The highest BCUT2D eigenvalue weighted by molar-refractivity contribution is 6.18. The molecule has 0 atom stereocenters. The third-order valence-corrected chi connectivity index (χ3v) is 4.25. The second-order valence-corrected chi connectivity index (χ2v) is 5.62. The Morgan fingerprint density at radius 3 is 2.52 bits per heavy atom. The third kappa shape index (κ3) is 1.77. The van der Waals surface area contributed by atoms with Gasteiger partial charge in [0.2, 0.25) is 0 Å². The summed E-state index contributed by atoms with van der Waals surface area (Å²) >= 11 is 0. The molecule has 108 valence electrons. The van der Waals surface area contributed by atoms with Crippen molar-refractivity contribution in [1.82, 2.24) is 15.0 Å². The van der Waals surface area contributed by atoms with Gasteiger partial charge in [0.1, 0.15) is 5.65 Å². The molecule has 0 spiro atoms. The molecule has 0 unspecified atom stereocenters. The number of benzene rings is 2. The number of rotatable bonds is 1. The monoisotopic (exact) mass is 295 g/mol. The molecule has 23 heavy (non-hydrogen) atoms. The van der Waals surface area contributed by atoms with Gasteiger partial charge in [0.25, 0.3) is 0 Å². The number of hydrogen-bond donors (Lipinski definition) is 1. The molecular weight excluding hydrogens is 282 g/mol. The van der Waals surface area contributed by atoms with Crippen molar-refractivity contribution in [2.24, 2.45) is 0 Å². The Hall–Kier alpha value is -3.20. The summed E-state index contributed by atoms with van der Waals surface area (Å²) in [6.07, 6.45) is 1.83. The molecule has 0 saturated heterocycles. The van der Waals surface area contributed by atoms with Crippen LogP contribution in [0.25, 0.3) is 44.1 Å². The molecule has 5 aromatic rings. The Morgan fingerprint density at radius 1 is 0.783 bits per heavy atom. The van der Waals surface area contributed by atoms with E-state index in [1.807, 2.05) is 30.5 Å². The third-order valence-electron chi connectivity index (χ3n) is 4.25. The number of pyridine rings is 2. The summed E-state index contributed by atoms with van der Waals surface area (Å²) in [5, 5.41) is 2.32. The van der Waals surface area contributed by atoms with Gasteiger partial charge in [-0.25, -0.2) is 4.98 Å². The zero-order valence-electron chi connectivity index (χ0n) is 12.3. The van der Waals surface area contributed by atoms with Crippen molar-refractivity contribution in [2.45, 2.75) is 0 Å². The van der Waals surface area contributed by atoms with E-state index in [1.54, 1.807) is 0 Å². The quantitative estimate of drug-likeness (QED) is 0.476. The van der Waals surface area contributed by atoms with E-state index < -0.39 is 0 Å². The van der Waals surface area contributed by atoms with Gasteiger partial charge in [0, 0.05) is 28.0 Å². The van der Waals surface area contributed by atoms with Crippen LogP contribution in [0.4, 0.5) is 0 Å². The Kier molecular flexibility index (Phi) is 2.50. The van der Waals surface area contributed by atoms with E-state index in [1.165, 1.54) is 5.39 Å². The Balaban J connectivity index is 2.08. The number of nitrogens with one attached hydrogen (secondary N) is 1. The van der Waals surface area contributed by atoms with Crippen LogP contribution < -0.4 is 0 Å². The minimum absolute atomic E-state index is 0.908. The second kappa shape index (κ2) is 4.65. The maximum atomic E-state index is 4.78. The number of para-hydroxylation sites is 1. The van der Waals surface area contributed by atoms with Crippen molar-refractivity contribution in [3.8, 4) is 11.1 Å². The van der Waals surface area contributed by atoms with Crippen LogP contribution in [0, 0.1) is 0 Å². The average Bonchev–Trinajstić information content (AvgIpc) is 2.98. The van der Waals surface area contributed by atoms with Gasteiger partial charge < -0.3 is 4.98 Å². The number of fused-ring (bicyclic) bond motifs is 4. The lowest BCUT2D eigenvalue weighted by molar-refractivity contribution is 1.35. The van der Waals surface area contributed by atoms with Gasteiger partial charge in [-0.1, -0.05) is 48.5 Å². The maximum Gasteiger partial charge on any atom is 0.139 e. The summed E-state index contributed by atoms with van der Waals surface area (Å²) in [5.41, 5.74) is 6.16. The van der Waals surface area contributed by atoms with E-state index >= 15 is 0 Å². The van der Waals surface area contributed by atoms with Crippen LogP contribution in [-0.2, 0) is 0 Å². The molecule has 1 N–H and O–H groups in total. The summed E-state index contributed by atoms with van der Waals surface area (Å²) in [5.74, 6) is 0. The van der Waals surface area contributed by atoms with E-state index in [2.05, 4.69) is 52.4 Å². The number of nitrogens with zero attached hydrogens (tertiary/aromatic N) is 2. The Bertz CT molecular complexity index is 1160. The van der Waals surface area contributed by atoms with Crippen LogP contribution in [0.15, 0.2) is 72.9 Å². The van der Waals surface area contributed by atoms with Gasteiger partial charge in [0.15, 0.2) is 0 Å². The van der Waals surface area contributed by atoms with Gasteiger partial charge in [0.05, 0.1) is 11.0 Å². The Morgan fingerprint density at radius 2 is 1.61 bits per heavy atom. The van der Waals surface area contributed by atoms with Crippen molar-refractivity contribution in [1.29, 1.82) is 0 Å². The summed E-state index contributed by atoms with van der Waals surface area (Å²) in [6.45, 7) is 0. The molecule has 0 aliphatic rings. The van der Waals surface area contributed by atoms with Gasteiger partial charge in [-0.15, -0.1) is 0 Å². The van der Waals surface area contributed by atoms with Gasteiger partial charge in [-0.05, 0) is 23.8 Å². The van der Waals surface area contributed by atoms with E-state index in [9.17, 15) is 0 Å². The molecule has 3 heteroatoms. The highest BCUT2D eigenvalue weighted by atomic mass is 14.9. The predicted octanol–water partition coefficient (Wildman–Crippen LogP) is 4.93. The first-order valence-electron chi connectivity index (χ1n) is 7.62. The lowest BCUT2D eigenvalue weighted by Crippen LogP contribution is -1.89. The highest BCUT2D eigenvalue weighted by Crippen LogP contribution is 2.37. The zero-order chi connectivity index (χ0) is 15.2. The average molecular weight is 295 g/mol.